The standard InChI is InChI=1S/C49H35NO2/c1-3-17-34(4-2)36-30-37(35-18-7-5-8-19-35)32-40(31-36)50(38-20-9-6-10-21-38)39-28-29-44-48(33-39)52-47-27-16-13-24-43(47)49(44)41-22-11-14-25-45(41)51-46-26-15-12-23-42(46)49/h3-33H,1-2H2/b34-17+. The zero-order valence-electron chi connectivity index (χ0n) is 28.6. The molecule has 0 radical (unpaired) electrons. The normalized spacial score (nSPS) is 13.3. The van der Waals surface area contributed by atoms with E-state index in [1.165, 1.54) is 0 Å². The first-order chi connectivity index (χ1) is 25.7. The largest absolute Gasteiger partial charge is 0.457 e. The van der Waals surface area contributed by atoms with Crippen LogP contribution in [0.1, 0.15) is 27.8 Å². The van der Waals surface area contributed by atoms with E-state index in [1.54, 1.807) is 0 Å². The summed E-state index contributed by atoms with van der Waals surface area (Å²) in [5.41, 5.74) is 10.9. The molecule has 0 bridgehead atoms. The first kappa shape index (κ1) is 31.2. The minimum Gasteiger partial charge on any atom is -0.457 e. The Hall–Kier alpha value is -6.84. The molecule has 0 saturated carbocycles. The highest BCUT2D eigenvalue weighted by Gasteiger charge is 2.50. The van der Waals surface area contributed by atoms with Crippen LogP contribution in [0.15, 0.2) is 201 Å². The van der Waals surface area contributed by atoms with Crippen molar-refractivity contribution in [3.8, 4) is 34.1 Å². The number of benzene rings is 7. The number of para-hydroxylation sites is 4. The van der Waals surface area contributed by atoms with Crippen LogP contribution in [0.2, 0.25) is 0 Å². The summed E-state index contributed by atoms with van der Waals surface area (Å²) < 4.78 is 13.5. The summed E-state index contributed by atoms with van der Waals surface area (Å²) in [6.45, 7) is 8.11. The summed E-state index contributed by atoms with van der Waals surface area (Å²) in [4.78, 5) is 2.30. The second-order valence-corrected chi connectivity index (χ2v) is 13.0. The molecule has 7 aromatic rings. The first-order valence-electron chi connectivity index (χ1n) is 17.5. The first-order valence-corrected chi connectivity index (χ1v) is 17.5. The number of rotatable bonds is 7. The summed E-state index contributed by atoms with van der Waals surface area (Å²) >= 11 is 0. The average Bonchev–Trinajstić information content (AvgIpc) is 3.20. The van der Waals surface area contributed by atoms with E-state index in [0.29, 0.717) is 0 Å². The maximum atomic E-state index is 6.90. The van der Waals surface area contributed by atoms with Crippen molar-refractivity contribution in [2.45, 2.75) is 5.41 Å². The Morgan fingerprint density at radius 3 is 1.60 bits per heavy atom. The van der Waals surface area contributed by atoms with Crippen molar-refractivity contribution in [1.29, 1.82) is 0 Å². The van der Waals surface area contributed by atoms with E-state index >= 15 is 0 Å². The van der Waals surface area contributed by atoms with E-state index in [-0.39, 0.29) is 0 Å². The van der Waals surface area contributed by atoms with Crippen LogP contribution in [0.5, 0.6) is 23.0 Å². The number of nitrogens with zero attached hydrogens (tertiary/aromatic N) is 1. The molecule has 2 aliphatic heterocycles. The van der Waals surface area contributed by atoms with Gasteiger partial charge in [-0.1, -0.05) is 141 Å². The summed E-state index contributed by atoms with van der Waals surface area (Å²) in [6.07, 6.45) is 5.69. The highest BCUT2D eigenvalue weighted by Crippen LogP contribution is 2.61. The van der Waals surface area contributed by atoms with Crippen LogP contribution in [-0.4, -0.2) is 0 Å². The lowest BCUT2D eigenvalue weighted by Crippen LogP contribution is -2.36. The Labute approximate surface area is 304 Å². The topological polar surface area (TPSA) is 21.7 Å². The molecule has 0 fully saturated rings. The van der Waals surface area contributed by atoms with E-state index in [9.17, 15) is 0 Å². The predicted octanol–water partition coefficient (Wildman–Crippen LogP) is 13.2. The Bertz CT molecular complexity index is 2450. The van der Waals surface area contributed by atoms with Gasteiger partial charge in [-0.3, -0.25) is 0 Å². The summed E-state index contributed by atoms with van der Waals surface area (Å²) in [6, 6.07) is 59.5. The molecule has 0 saturated heterocycles. The molecule has 9 rings (SSSR count). The van der Waals surface area contributed by atoms with Crippen molar-refractivity contribution in [2.75, 3.05) is 4.90 Å². The third-order valence-electron chi connectivity index (χ3n) is 10.1. The van der Waals surface area contributed by atoms with Gasteiger partial charge in [0.15, 0.2) is 0 Å². The van der Waals surface area contributed by atoms with Gasteiger partial charge >= 0.3 is 0 Å². The Kier molecular flexibility index (Phi) is 7.67. The van der Waals surface area contributed by atoms with Gasteiger partial charge in [0.05, 0.1) is 5.41 Å². The van der Waals surface area contributed by atoms with Crippen molar-refractivity contribution >= 4 is 22.6 Å². The van der Waals surface area contributed by atoms with E-state index < -0.39 is 5.41 Å². The van der Waals surface area contributed by atoms with E-state index in [2.05, 4.69) is 158 Å². The van der Waals surface area contributed by atoms with E-state index in [1.807, 2.05) is 48.6 Å². The van der Waals surface area contributed by atoms with Crippen LogP contribution in [-0.2, 0) is 5.41 Å². The molecule has 0 N–H and O–H groups in total. The van der Waals surface area contributed by atoms with Gasteiger partial charge in [0.2, 0.25) is 0 Å². The smallest absolute Gasteiger partial charge is 0.134 e. The van der Waals surface area contributed by atoms with Gasteiger partial charge in [0.25, 0.3) is 0 Å². The van der Waals surface area contributed by atoms with Gasteiger partial charge in [0, 0.05) is 45.4 Å². The van der Waals surface area contributed by atoms with Crippen LogP contribution < -0.4 is 14.4 Å². The van der Waals surface area contributed by atoms with Gasteiger partial charge in [-0.15, -0.1) is 0 Å². The molecule has 52 heavy (non-hydrogen) atoms. The maximum absolute atomic E-state index is 6.90. The molecule has 2 heterocycles. The van der Waals surface area contributed by atoms with Crippen molar-refractivity contribution in [1.82, 2.24) is 0 Å². The van der Waals surface area contributed by atoms with Gasteiger partial charge in [-0.2, -0.15) is 0 Å². The highest BCUT2D eigenvalue weighted by molar-refractivity contribution is 5.87. The van der Waals surface area contributed by atoms with Gasteiger partial charge < -0.3 is 14.4 Å². The minimum absolute atomic E-state index is 0.652. The molecule has 0 amide bonds. The molecule has 0 atom stereocenters. The molecular formula is C49H35NO2. The zero-order chi connectivity index (χ0) is 35.1. The molecule has 3 nitrogen and oxygen atoms in total. The second kappa shape index (κ2) is 12.8. The van der Waals surface area contributed by atoms with Gasteiger partial charge in [-0.25, -0.2) is 0 Å². The SMILES string of the molecule is C=C/C=C(\C=C)c1cc(-c2ccccc2)cc(N(c2ccccc2)c2ccc3c(c2)Oc2ccccc2C32c3ccccc3Oc3ccccc32)c1. The lowest BCUT2D eigenvalue weighted by molar-refractivity contribution is 0.399. The van der Waals surface area contributed by atoms with E-state index in [0.717, 1.165) is 84.6 Å². The summed E-state index contributed by atoms with van der Waals surface area (Å²) in [5, 5.41) is 0. The average molecular weight is 670 g/mol. The second-order valence-electron chi connectivity index (χ2n) is 13.0. The fourth-order valence-corrected chi connectivity index (χ4v) is 7.89. The zero-order valence-corrected chi connectivity index (χ0v) is 28.6. The van der Waals surface area contributed by atoms with Crippen molar-refractivity contribution in [3.63, 3.8) is 0 Å². The number of fused-ring (bicyclic) bond motifs is 8. The summed E-state index contributed by atoms with van der Waals surface area (Å²) in [5.74, 6) is 3.30. The quantitative estimate of drug-likeness (QED) is 0.158. The monoisotopic (exact) mass is 669 g/mol. The van der Waals surface area contributed by atoms with Crippen molar-refractivity contribution in [3.05, 3.63) is 229 Å². The van der Waals surface area contributed by atoms with E-state index in [4.69, 9.17) is 9.47 Å². The summed E-state index contributed by atoms with van der Waals surface area (Å²) in [7, 11) is 0. The Morgan fingerprint density at radius 1 is 0.462 bits per heavy atom. The molecule has 248 valence electrons. The van der Waals surface area contributed by atoms with Crippen LogP contribution in [0.3, 0.4) is 0 Å². The maximum Gasteiger partial charge on any atom is 0.134 e. The fourth-order valence-electron chi connectivity index (χ4n) is 7.89. The molecular weight excluding hydrogens is 635 g/mol. The number of allylic oxidation sites excluding steroid dienone is 4. The molecule has 0 aliphatic carbocycles. The van der Waals surface area contributed by atoms with Crippen molar-refractivity contribution < 1.29 is 9.47 Å². The third kappa shape index (κ3) is 4.98. The fraction of sp³-hybridized carbons (Fsp3) is 0.0204. The van der Waals surface area contributed by atoms with Crippen LogP contribution >= 0.6 is 0 Å². The molecule has 7 aromatic carbocycles. The number of hydrogen-bond donors (Lipinski definition) is 0. The Morgan fingerprint density at radius 2 is 1.00 bits per heavy atom. The van der Waals surface area contributed by atoms with Crippen LogP contribution in [0.4, 0.5) is 17.1 Å². The number of hydrogen-bond acceptors (Lipinski definition) is 3. The van der Waals surface area contributed by atoms with Gasteiger partial charge in [0.1, 0.15) is 23.0 Å². The number of ether oxygens (including phenoxy) is 2. The molecule has 1 spiro atoms. The highest BCUT2D eigenvalue weighted by atomic mass is 16.5. The lowest BCUT2D eigenvalue weighted by atomic mass is 9.62. The third-order valence-corrected chi connectivity index (χ3v) is 10.1. The molecule has 0 unspecified atom stereocenters. The Balaban J connectivity index is 1.30. The van der Waals surface area contributed by atoms with Crippen LogP contribution in [0.25, 0.3) is 16.7 Å². The minimum atomic E-state index is -0.652. The van der Waals surface area contributed by atoms with Gasteiger partial charge in [-0.05, 0) is 76.9 Å². The number of anilines is 3. The van der Waals surface area contributed by atoms with Crippen molar-refractivity contribution in [2.24, 2.45) is 0 Å². The predicted molar refractivity (Wildman–Crippen MR) is 213 cm³/mol. The molecule has 3 heteroatoms. The lowest BCUT2D eigenvalue weighted by Gasteiger charge is -2.45. The molecule has 2 aliphatic rings. The van der Waals surface area contributed by atoms with Crippen LogP contribution in [0, 0.1) is 0 Å². The molecule has 0 aromatic heterocycles.